The van der Waals surface area contributed by atoms with E-state index in [1.165, 1.54) is 18.2 Å². The van der Waals surface area contributed by atoms with Gasteiger partial charge in [0.25, 0.3) is 5.69 Å². The van der Waals surface area contributed by atoms with Crippen LogP contribution in [0.2, 0.25) is 0 Å². The van der Waals surface area contributed by atoms with Crippen LogP contribution < -0.4 is 5.32 Å². The number of carbonyl (C=O) groups is 2. The predicted octanol–water partition coefficient (Wildman–Crippen LogP) is 3.04. The fraction of sp³-hybridized carbons (Fsp3) is 0.0667. The third-order valence-electron chi connectivity index (χ3n) is 3.12. The third-order valence-corrected chi connectivity index (χ3v) is 3.12. The van der Waals surface area contributed by atoms with E-state index in [0.717, 1.165) is 17.7 Å². The van der Waals surface area contributed by atoms with E-state index in [1.807, 2.05) is 0 Å². The van der Waals surface area contributed by atoms with Crippen molar-refractivity contribution >= 4 is 29.0 Å². The average Bonchev–Trinajstić information content (AvgIpc) is 2.48. The molecule has 2 aromatic carbocycles. The van der Waals surface area contributed by atoms with Crippen LogP contribution in [0, 0.1) is 17.0 Å². The van der Waals surface area contributed by atoms with Crippen molar-refractivity contribution < 1.29 is 24.7 Å². The van der Waals surface area contributed by atoms with Gasteiger partial charge in [-0.15, -0.1) is 0 Å². The van der Waals surface area contributed by atoms with Gasteiger partial charge in [0.05, 0.1) is 27.4 Å². The van der Waals surface area contributed by atoms with Crippen LogP contribution in [-0.4, -0.2) is 27.1 Å². The summed E-state index contributed by atoms with van der Waals surface area (Å²) in [5.74, 6) is -2.53. The molecule has 0 aromatic heterocycles. The highest BCUT2D eigenvalue weighted by molar-refractivity contribution is 5.99. The lowest BCUT2D eigenvalue weighted by Gasteiger charge is -2.12. The molecule has 8 heteroatoms. The Balaban J connectivity index is 2.50. The minimum atomic E-state index is -1.36. The second-order valence-electron chi connectivity index (χ2n) is 4.77. The van der Waals surface area contributed by atoms with Crippen LogP contribution in [-0.2, 0) is 0 Å². The molecule has 0 bridgehead atoms. The number of aryl methyl sites for hydroxylation is 1. The Bertz CT molecular complexity index is 816. The van der Waals surface area contributed by atoms with Gasteiger partial charge in [0.15, 0.2) is 0 Å². The van der Waals surface area contributed by atoms with E-state index in [-0.39, 0.29) is 28.2 Å². The SMILES string of the molecule is Cc1ccc(Nc2ccc([N+](=O)[O-])cc2C(=O)O)c(C(=O)O)c1. The van der Waals surface area contributed by atoms with Gasteiger partial charge >= 0.3 is 11.9 Å². The zero-order valence-corrected chi connectivity index (χ0v) is 11.9. The van der Waals surface area contributed by atoms with Crippen molar-refractivity contribution in [2.75, 3.05) is 5.32 Å². The molecule has 0 amide bonds. The topological polar surface area (TPSA) is 130 Å². The number of non-ortho nitro benzene ring substituents is 1. The minimum absolute atomic E-state index is 0.0281. The fourth-order valence-electron chi connectivity index (χ4n) is 2.02. The molecule has 0 unspecified atom stereocenters. The van der Waals surface area contributed by atoms with Gasteiger partial charge in [-0.2, -0.15) is 0 Å². The van der Waals surface area contributed by atoms with E-state index in [0.29, 0.717) is 0 Å². The molecular weight excluding hydrogens is 304 g/mol. The number of nitrogens with one attached hydrogen (secondary N) is 1. The molecule has 0 atom stereocenters. The van der Waals surface area contributed by atoms with E-state index in [2.05, 4.69) is 5.32 Å². The maximum absolute atomic E-state index is 11.3. The highest BCUT2D eigenvalue weighted by atomic mass is 16.6. The molecule has 3 N–H and O–H groups in total. The average molecular weight is 316 g/mol. The van der Waals surface area contributed by atoms with Crippen LogP contribution >= 0.6 is 0 Å². The first-order chi connectivity index (χ1) is 10.8. The standard InChI is InChI=1S/C15H12N2O6/c1-8-2-4-12(10(6-8)14(18)19)16-13-5-3-9(17(22)23)7-11(13)15(20)21/h2-7,16H,1H3,(H,18,19)(H,20,21). The van der Waals surface area contributed by atoms with Crippen LogP contribution in [0.4, 0.5) is 17.1 Å². The molecular formula is C15H12N2O6. The smallest absolute Gasteiger partial charge is 0.338 e. The summed E-state index contributed by atoms with van der Waals surface area (Å²) in [4.78, 5) is 32.6. The molecule has 0 aliphatic carbocycles. The second kappa shape index (κ2) is 6.14. The number of hydrogen-bond acceptors (Lipinski definition) is 5. The summed E-state index contributed by atoms with van der Waals surface area (Å²) in [6, 6.07) is 7.90. The van der Waals surface area contributed by atoms with Crippen molar-refractivity contribution in [1.29, 1.82) is 0 Å². The van der Waals surface area contributed by atoms with Crippen molar-refractivity contribution in [3.63, 3.8) is 0 Å². The number of anilines is 2. The van der Waals surface area contributed by atoms with Crippen molar-refractivity contribution in [3.8, 4) is 0 Å². The van der Waals surface area contributed by atoms with Crippen LogP contribution in [0.15, 0.2) is 36.4 Å². The lowest BCUT2D eigenvalue weighted by Crippen LogP contribution is -2.07. The van der Waals surface area contributed by atoms with E-state index < -0.39 is 16.9 Å². The summed E-state index contributed by atoms with van der Waals surface area (Å²) in [6.07, 6.45) is 0. The molecule has 0 fully saturated rings. The summed E-state index contributed by atoms with van der Waals surface area (Å²) in [5, 5.41) is 31.9. The van der Waals surface area contributed by atoms with Crippen molar-refractivity contribution in [1.82, 2.24) is 0 Å². The third kappa shape index (κ3) is 3.43. The summed E-state index contributed by atoms with van der Waals surface area (Å²) in [6.45, 7) is 1.73. The van der Waals surface area contributed by atoms with Gasteiger partial charge in [0, 0.05) is 12.1 Å². The number of carboxylic acids is 2. The van der Waals surface area contributed by atoms with Crippen molar-refractivity contribution in [2.45, 2.75) is 6.92 Å². The Morgan fingerprint density at radius 3 is 2.04 bits per heavy atom. The second-order valence-corrected chi connectivity index (χ2v) is 4.77. The molecule has 0 radical (unpaired) electrons. The zero-order valence-electron chi connectivity index (χ0n) is 11.9. The molecule has 118 valence electrons. The summed E-state index contributed by atoms with van der Waals surface area (Å²) in [5.41, 5.74) is 0.273. The van der Waals surface area contributed by atoms with E-state index in [9.17, 15) is 29.9 Å². The van der Waals surface area contributed by atoms with Crippen LogP contribution in [0.5, 0.6) is 0 Å². The number of aromatic carboxylic acids is 2. The molecule has 0 saturated carbocycles. The molecule has 0 saturated heterocycles. The number of nitrogens with zero attached hydrogens (tertiary/aromatic N) is 1. The molecule has 0 heterocycles. The molecule has 0 spiro atoms. The van der Waals surface area contributed by atoms with Gasteiger partial charge in [0.1, 0.15) is 0 Å². The van der Waals surface area contributed by atoms with Gasteiger partial charge in [0.2, 0.25) is 0 Å². The van der Waals surface area contributed by atoms with E-state index in [4.69, 9.17) is 0 Å². The van der Waals surface area contributed by atoms with Crippen molar-refractivity contribution in [3.05, 3.63) is 63.2 Å². The van der Waals surface area contributed by atoms with Gasteiger partial charge in [-0.25, -0.2) is 9.59 Å². The molecule has 8 nitrogen and oxygen atoms in total. The number of nitro groups is 1. The van der Waals surface area contributed by atoms with Crippen LogP contribution in [0.25, 0.3) is 0 Å². The lowest BCUT2D eigenvalue weighted by atomic mass is 10.1. The van der Waals surface area contributed by atoms with Crippen LogP contribution in [0.3, 0.4) is 0 Å². The number of nitro benzene ring substituents is 1. The predicted molar refractivity (Wildman–Crippen MR) is 81.5 cm³/mol. The van der Waals surface area contributed by atoms with Gasteiger partial charge in [-0.1, -0.05) is 11.6 Å². The quantitative estimate of drug-likeness (QED) is 0.571. The molecule has 23 heavy (non-hydrogen) atoms. The highest BCUT2D eigenvalue weighted by Gasteiger charge is 2.18. The maximum atomic E-state index is 11.3. The molecule has 2 aromatic rings. The first kappa shape index (κ1) is 16.0. The Labute approximate surface area is 130 Å². The summed E-state index contributed by atoms with van der Waals surface area (Å²) in [7, 11) is 0. The lowest BCUT2D eigenvalue weighted by molar-refractivity contribution is -0.384. The first-order valence-electron chi connectivity index (χ1n) is 6.42. The van der Waals surface area contributed by atoms with E-state index >= 15 is 0 Å². The number of carboxylic acid groups (broad SMARTS) is 2. The number of benzene rings is 2. The monoisotopic (exact) mass is 316 g/mol. The highest BCUT2D eigenvalue weighted by Crippen LogP contribution is 2.27. The van der Waals surface area contributed by atoms with Gasteiger partial charge in [-0.05, 0) is 25.1 Å². The summed E-state index contributed by atoms with van der Waals surface area (Å²) >= 11 is 0. The number of rotatable bonds is 5. The number of hydrogen-bond donors (Lipinski definition) is 3. The zero-order chi connectivity index (χ0) is 17.1. The van der Waals surface area contributed by atoms with Crippen LogP contribution in [0.1, 0.15) is 26.3 Å². The normalized spacial score (nSPS) is 10.1. The van der Waals surface area contributed by atoms with Gasteiger partial charge < -0.3 is 15.5 Å². The molecule has 0 aliphatic heterocycles. The fourth-order valence-corrected chi connectivity index (χ4v) is 2.02. The Morgan fingerprint density at radius 2 is 1.52 bits per heavy atom. The van der Waals surface area contributed by atoms with E-state index in [1.54, 1.807) is 13.0 Å². The van der Waals surface area contributed by atoms with Gasteiger partial charge in [-0.3, -0.25) is 10.1 Å². The maximum Gasteiger partial charge on any atom is 0.338 e. The molecule has 0 aliphatic rings. The van der Waals surface area contributed by atoms with Crippen molar-refractivity contribution in [2.24, 2.45) is 0 Å². The Kier molecular flexibility index (Phi) is 4.26. The minimum Gasteiger partial charge on any atom is -0.478 e. The largest absolute Gasteiger partial charge is 0.478 e. The Hall–Kier alpha value is -3.42. The first-order valence-corrected chi connectivity index (χ1v) is 6.42. The molecule has 2 rings (SSSR count). The summed E-state index contributed by atoms with van der Waals surface area (Å²) < 4.78 is 0. The Morgan fingerprint density at radius 1 is 1.00 bits per heavy atom.